The molecule has 118 valence electrons. The fraction of sp³-hybridized carbons (Fsp3) is 0.467. The lowest BCUT2D eigenvalue weighted by molar-refractivity contribution is -0.118. The Morgan fingerprint density at radius 3 is 2.86 bits per heavy atom. The molecular formula is C15H21N5O2. The van der Waals surface area contributed by atoms with Gasteiger partial charge in [0.2, 0.25) is 5.91 Å². The predicted molar refractivity (Wildman–Crippen MR) is 83.0 cm³/mol. The van der Waals surface area contributed by atoms with E-state index in [9.17, 15) is 9.90 Å². The molecule has 1 aromatic carbocycles. The van der Waals surface area contributed by atoms with Crippen molar-refractivity contribution in [2.75, 3.05) is 5.32 Å². The van der Waals surface area contributed by atoms with Crippen LogP contribution in [0.25, 0.3) is 11.4 Å². The molecule has 7 heteroatoms. The van der Waals surface area contributed by atoms with Crippen molar-refractivity contribution in [2.45, 2.75) is 39.8 Å². The van der Waals surface area contributed by atoms with E-state index in [1.54, 1.807) is 10.7 Å². The van der Waals surface area contributed by atoms with E-state index < -0.39 is 6.10 Å². The van der Waals surface area contributed by atoms with Crippen LogP contribution in [0.5, 0.6) is 0 Å². The molecule has 0 saturated carbocycles. The first-order chi connectivity index (χ1) is 10.5. The summed E-state index contributed by atoms with van der Waals surface area (Å²) in [6, 6.07) is 7.33. The average Bonchev–Trinajstić information content (AvgIpc) is 2.95. The summed E-state index contributed by atoms with van der Waals surface area (Å²) in [5.41, 5.74) is 1.48. The van der Waals surface area contributed by atoms with Crippen molar-refractivity contribution in [1.29, 1.82) is 0 Å². The summed E-state index contributed by atoms with van der Waals surface area (Å²) in [6.45, 7) is 6.38. The van der Waals surface area contributed by atoms with Gasteiger partial charge in [-0.2, -0.15) is 0 Å². The molecule has 22 heavy (non-hydrogen) atoms. The summed E-state index contributed by atoms with van der Waals surface area (Å²) in [6.07, 6.45) is -0.565. The number of carbonyl (C=O) groups is 1. The van der Waals surface area contributed by atoms with Crippen LogP contribution in [-0.2, 0) is 11.3 Å². The topological polar surface area (TPSA) is 92.9 Å². The second kappa shape index (κ2) is 7.13. The molecule has 0 aliphatic rings. The molecule has 0 aliphatic carbocycles. The zero-order valence-corrected chi connectivity index (χ0v) is 13.0. The van der Waals surface area contributed by atoms with E-state index >= 15 is 0 Å². The third-order valence-electron chi connectivity index (χ3n) is 3.40. The van der Waals surface area contributed by atoms with Gasteiger partial charge < -0.3 is 10.4 Å². The van der Waals surface area contributed by atoms with E-state index in [1.807, 2.05) is 39.0 Å². The van der Waals surface area contributed by atoms with Gasteiger partial charge in [-0.1, -0.05) is 26.0 Å². The summed E-state index contributed by atoms with van der Waals surface area (Å²) in [5.74, 6) is 0.487. The summed E-state index contributed by atoms with van der Waals surface area (Å²) in [7, 11) is 0. The molecule has 2 N–H and O–H groups in total. The Kier molecular flexibility index (Phi) is 5.21. The number of amides is 1. The average molecular weight is 303 g/mol. The fourth-order valence-corrected chi connectivity index (χ4v) is 2.00. The Morgan fingerprint density at radius 1 is 1.41 bits per heavy atom. The van der Waals surface area contributed by atoms with E-state index in [2.05, 4.69) is 20.8 Å². The first kappa shape index (κ1) is 16.1. The molecule has 0 saturated heterocycles. The maximum absolute atomic E-state index is 11.9. The fourth-order valence-electron chi connectivity index (χ4n) is 2.00. The van der Waals surface area contributed by atoms with Gasteiger partial charge in [0.15, 0.2) is 5.82 Å². The minimum absolute atomic E-state index is 0.0475. The van der Waals surface area contributed by atoms with Crippen molar-refractivity contribution < 1.29 is 9.90 Å². The minimum atomic E-state index is -0.643. The number of nitrogens with one attached hydrogen (secondary N) is 1. The highest BCUT2D eigenvalue weighted by Gasteiger charge is 2.15. The van der Waals surface area contributed by atoms with Gasteiger partial charge in [-0.25, -0.2) is 4.68 Å². The number of tetrazole rings is 1. The number of aliphatic hydroxyl groups is 1. The van der Waals surface area contributed by atoms with Gasteiger partial charge in [0.25, 0.3) is 0 Å². The molecule has 0 aliphatic heterocycles. The minimum Gasteiger partial charge on any atom is -0.392 e. The molecule has 2 aromatic rings. The van der Waals surface area contributed by atoms with Gasteiger partial charge in [-0.15, -0.1) is 5.10 Å². The molecule has 0 bridgehead atoms. The van der Waals surface area contributed by atoms with Gasteiger partial charge in [0.05, 0.1) is 12.5 Å². The van der Waals surface area contributed by atoms with E-state index in [1.165, 1.54) is 0 Å². The molecule has 2 rings (SSSR count). The van der Waals surface area contributed by atoms with E-state index in [-0.39, 0.29) is 18.2 Å². The zero-order chi connectivity index (χ0) is 16.1. The molecule has 1 heterocycles. The zero-order valence-electron chi connectivity index (χ0n) is 13.0. The number of hydrogen-bond donors (Lipinski definition) is 2. The van der Waals surface area contributed by atoms with Crippen LogP contribution in [0.3, 0.4) is 0 Å². The van der Waals surface area contributed by atoms with E-state index in [0.717, 1.165) is 5.56 Å². The Bertz CT molecular complexity index is 638. The van der Waals surface area contributed by atoms with Crippen molar-refractivity contribution in [1.82, 2.24) is 20.2 Å². The number of anilines is 1. The molecular weight excluding hydrogens is 282 g/mol. The summed E-state index contributed by atoms with van der Waals surface area (Å²) in [4.78, 5) is 11.9. The number of aromatic nitrogens is 4. The Balaban J connectivity index is 2.11. The summed E-state index contributed by atoms with van der Waals surface area (Å²) < 4.78 is 1.68. The van der Waals surface area contributed by atoms with Gasteiger partial charge in [0, 0.05) is 17.8 Å². The van der Waals surface area contributed by atoms with Crippen LogP contribution >= 0.6 is 0 Å². The number of aryl methyl sites for hydroxylation is 1. The van der Waals surface area contributed by atoms with Crippen LogP contribution in [0.15, 0.2) is 24.3 Å². The number of carbonyl (C=O) groups excluding carboxylic acids is 1. The Morgan fingerprint density at radius 2 is 2.18 bits per heavy atom. The third kappa shape index (κ3) is 3.88. The maximum atomic E-state index is 11.9. The highest BCUT2D eigenvalue weighted by atomic mass is 16.3. The van der Waals surface area contributed by atoms with Crippen molar-refractivity contribution in [3.63, 3.8) is 0 Å². The highest BCUT2D eigenvalue weighted by Crippen LogP contribution is 2.20. The third-order valence-corrected chi connectivity index (χ3v) is 3.40. The molecule has 0 fully saturated rings. The van der Waals surface area contributed by atoms with Gasteiger partial charge in [-0.05, 0) is 35.4 Å². The number of benzene rings is 1. The first-order valence-electron chi connectivity index (χ1n) is 7.35. The second-order valence-corrected chi connectivity index (χ2v) is 5.46. The molecule has 7 nitrogen and oxygen atoms in total. The monoisotopic (exact) mass is 303 g/mol. The van der Waals surface area contributed by atoms with Crippen molar-refractivity contribution in [3.05, 3.63) is 24.3 Å². The lowest BCUT2D eigenvalue weighted by Gasteiger charge is -2.14. The number of nitrogens with zero attached hydrogens (tertiary/aromatic N) is 4. The molecule has 0 radical (unpaired) electrons. The quantitative estimate of drug-likeness (QED) is 0.847. The highest BCUT2D eigenvalue weighted by molar-refractivity contribution is 5.91. The Labute approximate surface area is 129 Å². The number of hydrogen-bond acceptors (Lipinski definition) is 5. The van der Waals surface area contributed by atoms with E-state index in [4.69, 9.17) is 0 Å². The van der Waals surface area contributed by atoms with Gasteiger partial charge >= 0.3 is 0 Å². The second-order valence-electron chi connectivity index (χ2n) is 5.46. The molecule has 1 amide bonds. The van der Waals surface area contributed by atoms with Crippen LogP contribution < -0.4 is 5.32 Å². The van der Waals surface area contributed by atoms with Crippen LogP contribution in [0.1, 0.15) is 27.2 Å². The van der Waals surface area contributed by atoms with Crippen LogP contribution in [0, 0.1) is 5.92 Å². The molecule has 1 unspecified atom stereocenters. The van der Waals surface area contributed by atoms with Crippen molar-refractivity contribution >= 4 is 11.6 Å². The van der Waals surface area contributed by atoms with Gasteiger partial charge in [0.1, 0.15) is 0 Å². The lowest BCUT2D eigenvalue weighted by atomic mass is 10.0. The normalized spacial score (nSPS) is 12.4. The summed E-state index contributed by atoms with van der Waals surface area (Å²) in [5, 5.41) is 24.1. The number of aliphatic hydroxyl groups excluding tert-OH is 1. The lowest BCUT2D eigenvalue weighted by Crippen LogP contribution is -2.23. The van der Waals surface area contributed by atoms with Gasteiger partial charge in [-0.3, -0.25) is 4.79 Å². The van der Waals surface area contributed by atoms with Crippen LogP contribution in [-0.4, -0.2) is 37.3 Å². The molecule has 1 aromatic heterocycles. The molecule has 1 atom stereocenters. The maximum Gasteiger partial charge on any atom is 0.226 e. The standard InChI is InChI=1S/C15H21N5O2/c1-4-20-15(17-18-19-20)11-6-5-7-12(8-11)16-14(22)9-13(21)10(2)3/h5-8,10,13,21H,4,9H2,1-3H3,(H,16,22). The first-order valence-corrected chi connectivity index (χ1v) is 7.35. The predicted octanol–water partition coefficient (Wildman–Crippen LogP) is 1.71. The van der Waals surface area contributed by atoms with Crippen LogP contribution in [0.4, 0.5) is 5.69 Å². The van der Waals surface area contributed by atoms with Crippen LogP contribution in [0.2, 0.25) is 0 Å². The SMILES string of the molecule is CCn1nnnc1-c1cccc(NC(=O)CC(O)C(C)C)c1. The summed E-state index contributed by atoms with van der Waals surface area (Å²) >= 11 is 0. The number of rotatable bonds is 6. The largest absolute Gasteiger partial charge is 0.392 e. The Hall–Kier alpha value is -2.28. The molecule has 0 spiro atoms. The van der Waals surface area contributed by atoms with Crippen molar-refractivity contribution in [2.24, 2.45) is 5.92 Å². The van der Waals surface area contributed by atoms with Crippen molar-refractivity contribution in [3.8, 4) is 11.4 Å². The smallest absolute Gasteiger partial charge is 0.226 e. The van der Waals surface area contributed by atoms with E-state index in [0.29, 0.717) is 18.1 Å².